The number of hydrogen-bond acceptors (Lipinski definition) is 6. The van der Waals surface area contributed by atoms with Gasteiger partial charge in [-0.3, -0.25) is 4.98 Å². The van der Waals surface area contributed by atoms with Gasteiger partial charge in [-0.2, -0.15) is 0 Å². The van der Waals surface area contributed by atoms with E-state index in [1.807, 2.05) is 0 Å². The molecule has 1 aromatic heterocycles. The Bertz CT molecular complexity index is 600. The van der Waals surface area contributed by atoms with Crippen molar-refractivity contribution in [3.8, 4) is 5.75 Å². The molecule has 7 nitrogen and oxygen atoms in total. The molecule has 120 valence electrons. The van der Waals surface area contributed by atoms with Gasteiger partial charge >= 0.3 is 0 Å². The quantitative estimate of drug-likeness (QED) is 0.563. The summed E-state index contributed by atoms with van der Waals surface area (Å²) in [7, 11) is -3.29. The second-order valence-corrected chi connectivity index (χ2v) is 7.46. The maximum Gasteiger partial charge on any atom is 0.209 e. The number of aliphatic hydroxyl groups excluding tert-OH is 1. The number of nitrogens with zero attached hydrogens (tertiary/aromatic N) is 1. The first-order chi connectivity index (χ1) is 9.56. The number of aromatic hydroxyl groups is 1. The Morgan fingerprint density at radius 3 is 2.52 bits per heavy atom. The smallest absolute Gasteiger partial charge is 0.209 e. The molecule has 4 N–H and O–H groups in total. The lowest BCUT2D eigenvalue weighted by Gasteiger charge is -2.25. The highest BCUT2D eigenvalue weighted by molar-refractivity contribution is 7.88. The normalized spacial score (nSPS) is 12.6. The van der Waals surface area contributed by atoms with Gasteiger partial charge in [-0.25, -0.2) is 13.1 Å². The molecule has 0 radical (unpaired) electrons. The Kier molecular flexibility index (Phi) is 5.68. The van der Waals surface area contributed by atoms with Crippen molar-refractivity contribution in [2.24, 2.45) is 0 Å². The largest absolute Gasteiger partial charge is 0.506 e. The number of hydrogen-bond donors (Lipinski definition) is 4. The minimum Gasteiger partial charge on any atom is -0.506 e. The fraction of sp³-hybridized carbons (Fsp3) is 0.615. The average Bonchev–Trinajstić information content (AvgIpc) is 2.31. The van der Waals surface area contributed by atoms with Crippen molar-refractivity contribution < 1.29 is 18.6 Å². The van der Waals surface area contributed by atoms with Crippen LogP contribution >= 0.6 is 0 Å². The Morgan fingerprint density at radius 1 is 1.38 bits per heavy atom. The number of rotatable bonds is 7. The van der Waals surface area contributed by atoms with Gasteiger partial charge < -0.3 is 15.5 Å². The van der Waals surface area contributed by atoms with Crippen molar-refractivity contribution in [2.45, 2.75) is 39.5 Å². The summed E-state index contributed by atoms with van der Waals surface area (Å²) in [6, 6.07) is 0. The number of aromatic nitrogens is 1. The summed E-state index contributed by atoms with van der Waals surface area (Å²) in [5, 5.41) is 22.4. The predicted octanol–water partition coefficient (Wildman–Crippen LogP) is 0.00532. The molecule has 0 aliphatic rings. The standard InChI is InChI=1S/C13H23N3O4S/c1-9-12(18)11(10(7-17)5-15-9)6-14-8-13(2,3)16-21(4,19)20/h5,14,16-18H,6-8H2,1-4H3. The highest BCUT2D eigenvalue weighted by atomic mass is 32.2. The number of sulfonamides is 1. The molecule has 8 heteroatoms. The minimum atomic E-state index is -3.29. The summed E-state index contributed by atoms with van der Waals surface area (Å²) < 4.78 is 25.0. The molecular weight excluding hydrogens is 294 g/mol. The van der Waals surface area contributed by atoms with Crippen LogP contribution in [0.3, 0.4) is 0 Å². The highest BCUT2D eigenvalue weighted by Gasteiger charge is 2.22. The first-order valence-electron chi connectivity index (χ1n) is 6.52. The van der Waals surface area contributed by atoms with Gasteiger partial charge in [0.05, 0.1) is 18.6 Å². The Morgan fingerprint density at radius 2 is 2.00 bits per heavy atom. The summed E-state index contributed by atoms with van der Waals surface area (Å²) in [5.41, 5.74) is 0.933. The van der Waals surface area contributed by atoms with Gasteiger partial charge in [-0.05, 0) is 20.8 Å². The van der Waals surface area contributed by atoms with Crippen LogP contribution in [0.4, 0.5) is 0 Å². The van der Waals surface area contributed by atoms with Crippen LogP contribution in [0.25, 0.3) is 0 Å². The SMILES string of the molecule is Cc1ncc(CO)c(CNCC(C)(C)NS(C)(=O)=O)c1O. The molecule has 0 amide bonds. The third-order valence-corrected chi connectivity index (χ3v) is 3.85. The van der Waals surface area contributed by atoms with Crippen LogP contribution in [-0.2, 0) is 23.2 Å². The van der Waals surface area contributed by atoms with E-state index in [1.165, 1.54) is 6.20 Å². The molecule has 1 aromatic rings. The number of aryl methyl sites for hydroxylation is 1. The van der Waals surface area contributed by atoms with Crippen molar-refractivity contribution in [3.63, 3.8) is 0 Å². The summed E-state index contributed by atoms with van der Waals surface area (Å²) in [6.45, 7) is 5.64. The number of aliphatic hydroxyl groups is 1. The van der Waals surface area contributed by atoms with Crippen molar-refractivity contribution >= 4 is 10.0 Å². The zero-order valence-electron chi connectivity index (χ0n) is 12.8. The van der Waals surface area contributed by atoms with E-state index in [9.17, 15) is 18.6 Å². The third-order valence-electron chi connectivity index (χ3n) is 2.93. The molecule has 0 spiro atoms. The van der Waals surface area contributed by atoms with E-state index in [0.29, 0.717) is 29.9 Å². The maximum atomic E-state index is 11.3. The molecule has 0 aromatic carbocycles. The van der Waals surface area contributed by atoms with Gasteiger partial charge in [0, 0.05) is 36.0 Å². The van der Waals surface area contributed by atoms with Gasteiger partial charge in [0.15, 0.2) is 0 Å². The Balaban J connectivity index is 2.75. The summed E-state index contributed by atoms with van der Waals surface area (Å²) in [4.78, 5) is 3.99. The molecule has 0 unspecified atom stereocenters. The number of pyridine rings is 1. The van der Waals surface area contributed by atoms with Crippen molar-refractivity contribution in [1.82, 2.24) is 15.0 Å². The molecule has 0 atom stereocenters. The Labute approximate surface area is 125 Å². The van der Waals surface area contributed by atoms with Gasteiger partial charge in [0.1, 0.15) is 5.75 Å². The fourth-order valence-electron chi connectivity index (χ4n) is 2.06. The molecule has 0 bridgehead atoms. The van der Waals surface area contributed by atoms with Crippen LogP contribution < -0.4 is 10.0 Å². The van der Waals surface area contributed by atoms with Gasteiger partial charge in [0.2, 0.25) is 10.0 Å². The van der Waals surface area contributed by atoms with E-state index in [-0.39, 0.29) is 12.4 Å². The van der Waals surface area contributed by atoms with Crippen LogP contribution in [0, 0.1) is 6.92 Å². The first-order valence-corrected chi connectivity index (χ1v) is 8.42. The van der Waals surface area contributed by atoms with E-state index in [4.69, 9.17) is 0 Å². The second-order valence-electron chi connectivity index (χ2n) is 5.72. The van der Waals surface area contributed by atoms with E-state index >= 15 is 0 Å². The van der Waals surface area contributed by atoms with Crippen molar-refractivity contribution in [1.29, 1.82) is 0 Å². The molecule has 0 aliphatic carbocycles. The Hall–Kier alpha value is -1.22. The predicted molar refractivity (Wildman–Crippen MR) is 80.3 cm³/mol. The summed E-state index contributed by atoms with van der Waals surface area (Å²) in [5.74, 6) is 0.0444. The minimum absolute atomic E-state index is 0.0444. The molecule has 0 saturated carbocycles. The molecule has 0 aliphatic heterocycles. The molecule has 1 rings (SSSR count). The monoisotopic (exact) mass is 317 g/mol. The molecule has 1 heterocycles. The van der Waals surface area contributed by atoms with Crippen LogP contribution in [0.15, 0.2) is 6.20 Å². The zero-order chi connectivity index (χ0) is 16.3. The summed E-state index contributed by atoms with van der Waals surface area (Å²) >= 11 is 0. The lowest BCUT2D eigenvalue weighted by Crippen LogP contribution is -2.49. The van der Waals surface area contributed by atoms with E-state index in [2.05, 4.69) is 15.0 Å². The molecular formula is C13H23N3O4S. The lowest BCUT2D eigenvalue weighted by molar-refractivity contribution is 0.278. The van der Waals surface area contributed by atoms with E-state index < -0.39 is 15.6 Å². The second kappa shape index (κ2) is 6.69. The van der Waals surface area contributed by atoms with Crippen LogP contribution in [0.5, 0.6) is 5.75 Å². The van der Waals surface area contributed by atoms with Crippen molar-refractivity contribution in [3.05, 3.63) is 23.0 Å². The molecule has 21 heavy (non-hydrogen) atoms. The average molecular weight is 317 g/mol. The fourth-order valence-corrected chi connectivity index (χ4v) is 3.13. The van der Waals surface area contributed by atoms with E-state index in [0.717, 1.165) is 6.26 Å². The van der Waals surface area contributed by atoms with Crippen LogP contribution in [0.1, 0.15) is 30.7 Å². The molecule has 0 fully saturated rings. The zero-order valence-corrected chi connectivity index (χ0v) is 13.6. The maximum absolute atomic E-state index is 11.3. The van der Waals surface area contributed by atoms with Crippen molar-refractivity contribution in [2.75, 3.05) is 12.8 Å². The van der Waals surface area contributed by atoms with Gasteiger partial charge in [0.25, 0.3) is 0 Å². The number of nitrogens with one attached hydrogen (secondary N) is 2. The van der Waals surface area contributed by atoms with Gasteiger partial charge in [-0.15, -0.1) is 0 Å². The summed E-state index contributed by atoms with van der Waals surface area (Å²) in [6.07, 6.45) is 2.63. The topological polar surface area (TPSA) is 112 Å². The lowest BCUT2D eigenvalue weighted by atomic mass is 10.1. The van der Waals surface area contributed by atoms with Crippen LogP contribution in [0.2, 0.25) is 0 Å². The first kappa shape index (κ1) is 17.8. The molecule has 0 saturated heterocycles. The third kappa shape index (κ3) is 5.58. The van der Waals surface area contributed by atoms with Gasteiger partial charge in [-0.1, -0.05) is 0 Å². The highest BCUT2D eigenvalue weighted by Crippen LogP contribution is 2.23. The van der Waals surface area contributed by atoms with Crippen LogP contribution in [-0.4, -0.2) is 42.0 Å². The van der Waals surface area contributed by atoms with E-state index in [1.54, 1.807) is 20.8 Å².